The Morgan fingerprint density at radius 3 is 2.38 bits per heavy atom. The van der Waals surface area contributed by atoms with Crippen LogP contribution in [-0.4, -0.2) is 95.2 Å². The minimum atomic E-state index is -0.0477. The van der Waals surface area contributed by atoms with Crippen LogP contribution in [-0.2, 0) is 4.74 Å². The standard InChI is InChI=1S/C28H40N10O2/c1-40-16-9-29-28(39)37-14-12-36(13-15-37)26-18-25(35-10-5-6-11-35)33-27(34-26)32-24-17-23-21(19-30-24)20-31-38(23)22-7-3-2-4-8-22/h17-20,22H,2-16H2,1H3,(H,29,39)(H,30,32,33,34). The number of piperazine rings is 1. The molecule has 1 saturated carbocycles. The first kappa shape index (κ1) is 26.5. The van der Waals surface area contributed by atoms with E-state index in [1.807, 2.05) is 17.3 Å². The molecule has 0 atom stereocenters. The number of methoxy groups -OCH3 is 1. The van der Waals surface area contributed by atoms with Crippen LogP contribution in [0.1, 0.15) is 51.0 Å². The second-order valence-corrected chi connectivity index (χ2v) is 10.9. The lowest BCUT2D eigenvalue weighted by Crippen LogP contribution is -2.52. The number of amides is 2. The molecule has 0 aromatic carbocycles. The summed E-state index contributed by atoms with van der Waals surface area (Å²) in [4.78, 5) is 33.4. The number of urea groups is 1. The van der Waals surface area contributed by atoms with E-state index in [2.05, 4.69) is 42.2 Å². The van der Waals surface area contributed by atoms with Gasteiger partial charge in [0.15, 0.2) is 0 Å². The van der Waals surface area contributed by atoms with E-state index in [-0.39, 0.29) is 6.03 Å². The molecule has 5 heterocycles. The Kier molecular flexibility index (Phi) is 8.12. The van der Waals surface area contributed by atoms with E-state index < -0.39 is 0 Å². The van der Waals surface area contributed by atoms with Crippen LogP contribution >= 0.6 is 0 Å². The number of anilines is 4. The normalized spacial score (nSPS) is 18.5. The summed E-state index contributed by atoms with van der Waals surface area (Å²) in [5.74, 6) is 3.05. The number of hydrogen-bond donors (Lipinski definition) is 2. The van der Waals surface area contributed by atoms with Crippen molar-refractivity contribution in [3.63, 3.8) is 0 Å². The molecule has 0 unspecified atom stereocenters. The minimum absolute atomic E-state index is 0.0477. The van der Waals surface area contributed by atoms with E-state index in [1.54, 1.807) is 7.11 Å². The molecule has 6 rings (SSSR count). The van der Waals surface area contributed by atoms with Crippen LogP contribution in [0, 0.1) is 0 Å². The molecule has 0 spiro atoms. The molecule has 3 fully saturated rings. The molecule has 2 N–H and O–H groups in total. The number of carbonyl (C=O) groups is 1. The summed E-state index contributed by atoms with van der Waals surface area (Å²) in [7, 11) is 1.63. The van der Waals surface area contributed by atoms with Crippen molar-refractivity contribution >= 4 is 40.3 Å². The highest BCUT2D eigenvalue weighted by atomic mass is 16.5. The number of nitrogens with one attached hydrogen (secondary N) is 2. The van der Waals surface area contributed by atoms with E-state index in [0.29, 0.717) is 57.1 Å². The topological polar surface area (TPSA) is 117 Å². The third-order valence-electron chi connectivity index (χ3n) is 8.24. The van der Waals surface area contributed by atoms with Crippen molar-refractivity contribution in [2.45, 2.75) is 51.0 Å². The molecule has 2 aliphatic heterocycles. The molecule has 40 heavy (non-hydrogen) atoms. The third kappa shape index (κ3) is 5.91. The molecule has 2 saturated heterocycles. The van der Waals surface area contributed by atoms with Crippen molar-refractivity contribution in [1.29, 1.82) is 0 Å². The van der Waals surface area contributed by atoms with Gasteiger partial charge in [0.2, 0.25) is 5.95 Å². The van der Waals surface area contributed by atoms with Crippen molar-refractivity contribution in [2.24, 2.45) is 0 Å². The first-order chi connectivity index (χ1) is 19.7. The highest BCUT2D eigenvalue weighted by Crippen LogP contribution is 2.31. The summed E-state index contributed by atoms with van der Waals surface area (Å²) >= 11 is 0. The zero-order valence-corrected chi connectivity index (χ0v) is 23.4. The zero-order chi connectivity index (χ0) is 27.3. The molecular formula is C28H40N10O2. The number of carbonyl (C=O) groups excluding carboxylic acids is 1. The summed E-state index contributed by atoms with van der Waals surface area (Å²) in [5.41, 5.74) is 1.10. The molecule has 2 amide bonds. The average Bonchev–Trinajstić information content (AvgIpc) is 3.68. The molecule has 0 radical (unpaired) electrons. The number of pyridine rings is 1. The van der Waals surface area contributed by atoms with Gasteiger partial charge in [-0.25, -0.2) is 9.78 Å². The molecule has 214 valence electrons. The van der Waals surface area contributed by atoms with Crippen molar-refractivity contribution in [2.75, 3.05) is 74.6 Å². The fraction of sp³-hybridized carbons (Fsp3) is 0.607. The predicted molar refractivity (Wildman–Crippen MR) is 155 cm³/mol. The largest absolute Gasteiger partial charge is 0.383 e. The average molecular weight is 549 g/mol. The minimum Gasteiger partial charge on any atom is -0.383 e. The molecule has 3 aliphatic rings. The van der Waals surface area contributed by atoms with Crippen molar-refractivity contribution in [3.05, 3.63) is 24.5 Å². The Labute approximate surface area is 235 Å². The van der Waals surface area contributed by atoms with E-state index in [1.165, 1.54) is 44.9 Å². The van der Waals surface area contributed by atoms with Gasteiger partial charge in [0.05, 0.1) is 24.4 Å². The number of aromatic nitrogens is 5. The van der Waals surface area contributed by atoms with Crippen LogP contribution in [0.3, 0.4) is 0 Å². The van der Waals surface area contributed by atoms with Crippen molar-refractivity contribution in [3.8, 4) is 0 Å². The fourth-order valence-corrected chi connectivity index (χ4v) is 6.00. The van der Waals surface area contributed by atoms with E-state index in [0.717, 1.165) is 35.6 Å². The zero-order valence-electron chi connectivity index (χ0n) is 23.4. The lowest BCUT2D eigenvalue weighted by Gasteiger charge is -2.35. The fourth-order valence-electron chi connectivity index (χ4n) is 6.00. The number of nitrogens with zero attached hydrogens (tertiary/aromatic N) is 8. The van der Waals surface area contributed by atoms with Crippen LogP contribution in [0.25, 0.3) is 10.9 Å². The second-order valence-electron chi connectivity index (χ2n) is 10.9. The van der Waals surface area contributed by atoms with Gasteiger partial charge in [-0.15, -0.1) is 0 Å². The van der Waals surface area contributed by atoms with E-state index in [9.17, 15) is 4.79 Å². The predicted octanol–water partition coefficient (Wildman–Crippen LogP) is 3.55. The maximum Gasteiger partial charge on any atom is 0.317 e. The molecule has 12 heteroatoms. The summed E-state index contributed by atoms with van der Waals surface area (Å²) in [6.45, 7) is 5.69. The molecule has 12 nitrogen and oxygen atoms in total. The van der Waals surface area contributed by atoms with Crippen LogP contribution < -0.4 is 20.4 Å². The lowest BCUT2D eigenvalue weighted by atomic mass is 9.95. The van der Waals surface area contributed by atoms with Gasteiger partial charge in [0.1, 0.15) is 17.5 Å². The van der Waals surface area contributed by atoms with Gasteiger partial charge >= 0.3 is 6.03 Å². The smallest absolute Gasteiger partial charge is 0.317 e. The summed E-state index contributed by atoms with van der Waals surface area (Å²) in [6.07, 6.45) is 12.3. The Morgan fingerprint density at radius 1 is 0.925 bits per heavy atom. The van der Waals surface area contributed by atoms with Gasteiger partial charge in [0.25, 0.3) is 0 Å². The van der Waals surface area contributed by atoms with Crippen LogP contribution in [0.4, 0.5) is 28.2 Å². The monoisotopic (exact) mass is 548 g/mol. The lowest BCUT2D eigenvalue weighted by molar-refractivity contribution is 0.177. The van der Waals surface area contributed by atoms with E-state index in [4.69, 9.17) is 19.8 Å². The van der Waals surface area contributed by atoms with Crippen molar-refractivity contribution < 1.29 is 9.53 Å². The SMILES string of the molecule is COCCNC(=O)N1CCN(c2cc(N3CCCC3)nc(Nc3cc4c(cn3)cnn4C3CCCCC3)n2)CC1. The Morgan fingerprint density at radius 2 is 1.65 bits per heavy atom. The third-order valence-corrected chi connectivity index (χ3v) is 8.24. The Balaban J connectivity index is 1.21. The van der Waals surface area contributed by atoms with Crippen molar-refractivity contribution in [1.82, 2.24) is 34.9 Å². The highest BCUT2D eigenvalue weighted by molar-refractivity contribution is 5.81. The molecule has 0 bridgehead atoms. The van der Waals surface area contributed by atoms with Gasteiger partial charge in [-0.2, -0.15) is 15.1 Å². The molecule has 1 aliphatic carbocycles. The number of hydrogen-bond acceptors (Lipinski definition) is 9. The summed E-state index contributed by atoms with van der Waals surface area (Å²) < 4.78 is 7.22. The first-order valence-corrected chi connectivity index (χ1v) is 14.7. The molecule has 3 aromatic rings. The quantitative estimate of drug-likeness (QED) is 0.408. The number of ether oxygens (including phenoxy) is 1. The maximum absolute atomic E-state index is 12.5. The Bertz CT molecular complexity index is 1290. The summed E-state index contributed by atoms with van der Waals surface area (Å²) in [5, 5.41) is 12.1. The highest BCUT2D eigenvalue weighted by Gasteiger charge is 2.24. The van der Waals surface area contributed by atoms with Gasteiger partial charge < -0.3 is 30.1 Å². The first-order valence-electron chi connectivity index (χ1n) is 14.7. The van der Waals surface area contributed by atoms with Gasteiger partial charge in [-0.1, -0.05) is 19.3 Å². The van der Waals surface area contributed by atoms with Crippen LogP contribution in [0.15, 0.2) is 24.5 Å². The number of rotatable bonds is 8. The second kappa shape index (κ2) is 12.2. The summed E-state index contributed by atoms with van der Waals surface area (Å²) in [6, 6.07) is 4.56. The molecule has 3 aromatic heterocycles. The Hall–Kier alpha value is -3.67. The van der Waals surface area contributed by atoms with Gasteiger partial charge in [-0.05, 0) is 25.7 Å². The van der Waals surface area contributed by atoms with E-state index >= 15 is 0 Å². The molecular weight excluding hydrogens is 508 g/mol. The van der Waals surface area contributed by atoms with Crippen LogP contribution in [0.2, 0.25) is 0 Å². The number of fused-ring (bicyclic) bond motifs is 1. The van der Waals surface area contributed by atoms with Crippen LogP contribution in [0.5, 0.6) is 0 Å². The van der Waals surface area contributed by atoms with Gasteiger partial charge in [0, 0.05) is 76.6 Å². The van der Waals surface area contributed by atoms with Gasteiger partial charge in [-0.3, -0.25) is 4.68 Å². The maximum atomic E-state index is 12.5.